The van der Waals surface area contributed by atoms with Crippen LogP contribution in [0.25, 0.3) is 0 Å². The van der Waals surface area contributed by atoms with Gasteiger partial charge in [-0.15, -0.1) is 0 Å². The lowest BCUT2D eigenvalue weighted by molar-refractivity contribution is -0.0500. The zero-order chi connectivity index (χ0) is 17.4. The Morgan fingerprint density at radius 1 is 1.12 bits per heavy atom. The molecule has 3 heteroatoms. The molecule has 24 heavy (non-hydrogen) atoms. The third-order valence-electron chi connectivity index (χ3n) is 5.34. The molecule has 0 saturated heterocycles. The van der Waals surface area contributed by atoms with E-state index >= 15 is 0 Å². The van der Waals surface area contributed by atoms with Gasteiger partial charge in [-0.2, -0.15) is 0 Å². The first-order chi connectivity index (χ1) is 11.6. The molecule has 1 aromatic rings. The van der Waals surface area contributed by atoms with Crippen molar-refractivity contribution in [3.05, 3.63) is 29.8 Å². The van der Waals surface area contributed by atoms with Gasteiger partial charge in [0.25, 0.3) is 0 Å². The van der Waals surface area contributed by atoms with Crippen LogP contribution in [0.2, 0.25) is 0 Å². The molecule has 0 aromatic heterocycles. The molecular formula is C21H35NO2. The molecule has 1 saturated carbocycles. The van der Waals surface area contributed by atoms with Crippen molar-refractivity contribution in [1.82, 2.24) is 4.90 Å². The lowest BCUT2D eigenvalue weighted by Crippen LogP contribution is -2.39. The molecular weight excluding hydrogens is 298 g/mol. The van der Waals surface area contributed by atoms with Gasteiger partial charge in [0.15, 0.2) is 0 Å². The van der Waals surface area contributed by atoms with E-state index in [4.69, 9.17) is 4.74 Å². The highest BCUT2D eigenvalue weighted by Crippen LogP contribution is 2.42. The minimum absolute atomic E-state index is 0.373. The summed E-state index contributed by atoms with van der Waals surface area (Å²) in [7, 11) is 4.15. The van der Waals surface area contributed by atoms with Crippen LogP contribution in [-0.4, -0.2) is 37.3 Å². The van der Waals surface area contributed by atoms with E-state index in [1.165, 1.54) is 19.3 Å². The molecule has 3 nitrogen and oxygen atoms in total. The summed E-state index contributed by atoms with van der Waals surface area (Å²) in [4.78, 5) is 2.16. The summed E-state index contributed by atoms with van der Waals surface area (Å²) in [6.45, 7) is 3.84. The van der Waals surface area contributed by atoms with Gasteiger partial charge in [0.05, 0.1) is 12.2 Å². The Morgan fingerprint density at radius 3 is 2.38 bits per heavy atom. The normalized spacial score (nSPS) is 18.5. The highest BCUT2D eigenvalue weighted by molar-refractivity contribution is 5.31. The van der Waals surface area contributed by atoms with Crippen LogP contribution in [-0.2, 0) is 5.60 Å². The fourth-order valence-corrected chi connectivity index (χ4v) is 3.73. The van der Waals surface area contributed by atoms with E-state index < -0.39 is 5.60 Å². The molecule has 1 aromatic carbocycles. The van der Waals surface area contributed by atoms with Crippen molar-refractivity contribution in [2.24, 2.45) is 5.92 Å². The lowest BCUT2D eigenvalue weighted by atomic mass is 9.71. The lowest BCUT2D eigenvalue weighted by Gasteiger charge is -2.40. The van der Waals surface area contributed by atoms with Crippen molar-refractivity contribution in [3.8, 4) is 5.75 Å². The highest BCUT2D eigenvalue weighted by atomic mass is 16.5. The van der Waals surface area contributed by atoms with Crippen LogP contribution < -0.4 is 4.74 Å². The number of hydrogen-bond acceptors (Lipinski definition) is 3. The van der Waals surface area contributed by atoms with Gasteiger partial charge in [-0.05, 0) is 63.4 Å². The minimum atomic E-state index is -0.716. The SMILES string of the molecule is CCCCOc1ccc(C(O)(CCN(C)C)C2CCCCC2)cc1. The average Bonchev–Trinajstić information content (AvgIpc) is 2.61. The second-order valence-electron chi connectivity index (χ2n) is 7.54. The predicted molar refractivity (Wildman–Crippen MR) is 100 cm³/mol. The Kier molecular flexibility index (Phi) is 7.57. The van der Waals surface area contributed by atoms with Crippen molar-refractivity contribution < 1.29 is 9.84 Å². The number of benzene rings is 1. The van der Waals surface area contributed by atoms with Crippen LogP contribution in [0.15, 0.2) is 24.3 Å². The minimum Gasteiger partial charge on any atom is -0.494 e. The largest absolute Gasteiger partial charge is 0.494 e. The van der Waals surface area contributed by atoms with Crippen molar-refractivity contribution in [1.29, 1.82) is 0 Å². The standard InChI is InChI=1S/C21H35NO2/c1-4-5-17-24-20-13-11-19(12-14-20)21(23,15-16-22(2)3)18-9-7-6-8-10-18/h11-14,18,23H,4-10,15-17H2,1-3H3. The number of unbranched alkanes of at least 4 members (excludes halogenated alkanes) is 1. The third-order valence-corrected chi connectivity index (χ3v) is 5.34. The molecule has 0 aliphatic heterocycles. The Hall–Kier alpha value is -1.06. The Morgan fingerprint density at radius 2 is 1.79 bits per heavy atom. The van der Waals surface area contributed by atoms with E-state index in [0.717, 1.165) is 56.6 Å². The average molecular weight is 334 g/mol. The predicted octanol–water partition coefficient (Wildman–Crippen LogP) is 4.59. The molecule has 1 atom stereocenters. The summed E-state index contributed by atoms with van der Waals surface area (Å²) in [5.74, 6) is 1.28. The molecule has 1 N–H and O–H groups in total. The molecule has 1 unspecified atom stereocenters. The second kappa shape index (κ2) is 9.43. The fraction of sp³-hybridized carbons (Fsp3) is 0.714. The zero-order valence-electron chi connectivity index (χ0n) is 15.8. The topological polar surface area (TPSA) is 32.7 Å². The van der Waals surface area contributed by atoms with Gasteiger partial charge in [0.2, 0.25) is 0 Å². The first-order valence-corrected chi connectivity index (χ1v) is 9.66. The molecule has 1 aliphatic carbocycles. The van der Waals surface area contributed by atoms with Crippen LogP contribution in [0.5, 0.6) is 5.75 Å². The zero-order valence-corrected chi connectivity index (χ0v) is 15.8. The summed E-state index contributed by atoms with van der Waals surface area (Å²) < 4.78 is 5.77. The van der Waals surface area contributed by atoms with E-state index in [1.807, 2.05) is 12.1 Å². The summed E-state index contributed by atoms with van der Waals surface area (Å²) >= 11 is 0. The molecule has 0 radical (unpaired) electrons. The number of aliphatic hydroxyl groups is 1. The van der Waals surface area contributed by atoms with E-state index in [9.17, 15) is 5.11 Å². The van der Waals surface area contributed by atoms with E-state index in [1.54, 1.807) is 0 Å². The maximum atomic E-state index is 11.6. The second-order valence-corrected chi connectivity index (χ2v) is 7.54. The molecule has 1 fully saturated rings. The summed E-state index contributed by atoms with van der Waals surface area (Å²) in [5, 5.41) is 11.6. The fourth-order valence-electron chi connectivity index (χ4n) is 3.73. The van der Waals surface area contributed by atoms with E-state index in [-0.39, 0.29) is 0 Å². The first-order valence-electron chi connectivity index (χ1n) is 9.66. The van der Waals surface area contributed by atoms with Gasteiger partial charge in [0, 0.05) is 6.54 Å². The number of nitrogens with zero attached hydrogens (tertiary/aromatic N) is 1. The smallest absolute Gasteiger partial charge is 0.119 e. The highest BCUT2D eigenvalue weighted by Gasteiger charge is 2.38. The summed E-state index contributed by atoms with van der Waals surface area (Å²) in [6.07, 6.45) is 9.09. The van der Waals surface area contributed by atoms with Crippen molar-refractivity contribution in [2.75, 3.05) is 27.2 Å². The van der Waals surface area contributed by atoms with E-state index in [0.29, 0.717) is 5.92 Å². The van der Waals surface area contributed by atoms with Crippen molar-refractivity contribution in [3.63, 3.8) is 0 Å². The van der Waals surface area contributed by atoms with Crippen molar-refractivity contribution in [2.45, 2.75) is 63.9 Å². The summed E-state index contributed by atoms with van der Waals surface area (Å²) in [6, 6.07) is 8.19. The third kappa shape index (κ3) is 5.22. The molecule has 2 rings (SSSR count). The molecule has 1 aliphatic rings. The van der Waals surface area contributed by atoms with Gasteiger partial charge in [-0.25, -0.2) is 0 Å². The first kappa shape index (κ1) is 19.3. The number of rotatable bonds is 9. The van der Waals surface area contributed by atoms with Gasteiger partial charge in [0.1, 0.15) is 5.75 Å². The molecule has 0 heterocycles. The van der Waals surface area contributed by atoms with Gasteiger partial charge in [-0.1, -0.05) is 44.7 Å². The molecule has 0 spiro atoms. The maximum Gasteiger partial charge on any atom is 0.119 e. The van der Waals surface area contributed by atoms with Gasteiger partial charge < -0.3 is 14.7 Å². The van der Waals surface area contributed by atoms with Gasteiger partial charge >= 0.3 is 0 Å². The van der Waals surface area contributed by atoms with Crippen LogP contribution in [0, 0.1) is 5.92 Å². The van der Waals surface area contributed by atoms with Crippen LogP contribution in [0.1, 0.15) is 63.9 Å². The Labute approximate surface area is 148 Å². The number of ether oxygens (including phenoxy) is 1. The Bertz CT molecular complexity index is 465. The molecule has 0 bridgehead atoms. The van der Waals surface area contributed by atoms with E-state index in [2.05, 4.69) is 38.1 Å². The quantitative estimate of drug-likeness (QED) is 0.671. The Balaban J connectivity index is 2.12. The van der Waals surface area contributed by atoms with Gasteiger partial charge in [-0.3, -0.25) is 0 Å². The molecule has 0 amide bonds. The van der Waals surface area contributed by atoms with Crippen LogP contribution in [0.4, 0.5) is 0 Å². The molecule has 136 valence electrons. The number of hydrogen-bond donors (Lipinski definition) is 1. The van der Waals surface area contributed by atoms with Crippen molar-refractivity contribution >= 4 is 0 Å². The monoisotopic (exact) mass is 333 g/mol. The maximum absolute atomic E-state index is 11.6. The van der Waals surface area contributed by atoms with Crippen LogP contribution >= 0.6 is 0 Å². The van der Waals surface area contributed by atoms with Crippen LogP contribution in [0.3, 0.4) is 0 Å². The summed E-state index contributed by atoms with van der Waals surface area (Å²) in [5.41, 5.74) is 0.339.